The monoisotopic (exact) mass is 283 g/mol. The fourth-order valence-corrected chi connectivity index (χ4v) is 3.34. The van der Waals surface area contributed by atoms with Crippen molar-refractivity contribution in [2.24, 2.45) is 5.92 Å². The molecule has 1 aromatic rings. The van der Waals surface area contributed by atoms with Gasteiger partial charge in [0.1, 0.15) is 5.82 Å². The number of hydrogen-bond donors (Lipinski definition) is 1. The third-order valence-corrected chi connectivity index (χ3v) is 4.58. The number of benzene rings is 1. The fraction of sp³-hybridized carbons (Fsp3) is 0.625. The van der Waals surface area contributed by atoms with Gasteiger partial charge in [0, 0.05) is 17.1 Å². The van der Waals surface area contributed by atoms with Gasteiger partial charge in [-0.15, -0.1) is 0 Å². The van der Waals surface area contributed by atoms with Crippen LogP contribution in [0.15, 0.2) is 18.2 Å². The highest BCUT2D eigenvalue weighted by Gasteiger charge is 2.22. The lowest BCUT2D eigenvalue weighted by Crippen LogP contribution is -2.36. The lowest BCUT2D eigenvalue weighted by Gasteiger charge is -2.27. The van der Waals surface area contributed by atoms with Crippen LogP contribution < -0.4 is 5.32 Å². The summed E-state index contributed by atoms with van der Waals surface area (Å²) in [4.78, 5) is 0. The molecular formula is C16H23ClFN. The van der Waals surface area contributed by atoms with Crippen molar-refractivity contribution >= 4 is 11.6 Å². The molecule has 0 amide bonds. The lowest BCUT2D eigenvalue weighted by molar-refractivity contribution is 0.330. The third-order valence-electron chi connectivity index (χ3n) is 4.25. The molecule has 1 aromatic carbocycles. The van der Waals surface area contributed by atoms with Crippen LogP contribution in [-0.2, 0) is 0 Å². The third kappa shape index (κ3) is 3.93. The van der Waals surface area contributed by atoms with Crippen molar-refractivity contribution in [3.05, 3.63) is 34.6 Å². The Kier molecular flexibility index (Phi) is 5.23. The first-order chi connectivity index (χ1) is 9.08. The van der Waals surface area contributed by atoms with Crippen molar-refractivity contribution in [3.63, 3.8) is 0 Å². The van der Waals surface area contributed by atoms with E-state index in [2.05, 4.69) is 19.2 Å². The van der Waals surface area contributed by atoms with E-state index in [0.29, 0.717) is 17.0 Å². The number of hydrogen-bond acceptors (Lipinski definition) is 1. The molecule has 19 heavy (non-hydrogen) atoms. The normalized spacial score (nSPS) is 25.9. The van der Waals surface area contributed by atoms with Crippen LogP contribution in [0.25, 0.3) is 0 Å². The Hall–Kier alpha value is -0.600. The molecule has 1 aliphatic carbocycles. The minimum absolute atomic E-state index is 0.165. The van der Waals surface area contributed by atoms with Gasteiger partial charge in [-0.05, 0) is 43.4 Å². The Morgan fingerprint density at radius 2 is 2.00 bits per heavy atom. The number of halogens is 2. The fourth-order valence-electron chi connectivity index (χ4n) is 3.00. The van der Waals surface area contributed by atoms with Crippen molar-refractivity contribution in [2.45, 2.75) is 58.0 Å². The Labute approximate surface area is 120 Å². The van der Waals surface area contributed by atoms with Gasteiger partial charge in [0.15, 0.2) is 0 Å². The van der Waals surface area contributed by atoms with Gasteiger partial charge in [-0.3, -0.25) is 0 Å². The van der Waals surface area contributed by atoms with E-state index in [4.69, 9.17) is 11.6 Å². The average molecular weight is 284 g/mol. The smallest absolute Gasteiger partial charge is 0.124 e. The van der Waals surface area contributed by atoms with Crippen LogP contribution in [0.3, 0.4) is 0 Å². The summed E-state index contributed by atoms with van der Waals surface area (Å²) in [6.45, 7) is 4.43. The van der Waals surface area contributed by atoms with Crippen molar-refractivity contribution in [1.82, 2.24) is 5.32 Å². The lowest BCUT2D eigenvalue weighted by atomic mass is 9.95. The van der Waals surface area contributed by atoms with Gasteiger partial charge in [0.25, 0.3) is 0 Å². The van der Waals surface area contributed by atoms with Crippen LogP contribution in [0.4, 0.5) is 4.39 Å². The maximum Gasteiger partial charge on any atom is 0.124 e. The molecule has 1 nitrogen and oxygen atoms in total. The summed E-state index contributed by atoms with van der Waals surface area (Å²) in [5, 5.41) is 4.19. The molecule has 3 atom stereocenters. The van der Waals surface area contributed by atoms with Crippen LogP contribution >= 0.6 is 11.6 Å². The second-order valence-corrected chi connectivity index (χ2v) is 6.18. The van der Waals surface area contributed by atoms with Gasteiger partial charge >= 0.3 is 0 Å². The SMILES string of the molecule is CC(NC1CCCCCC1C)c1ccc(F)cc1Cl. The molecule has 2 rings (SSSR count). The summed E-state index contributed by atoms with van der Waals surface area (Å²) < 4.78 is 13.1. The summed E-state index contributed by atoms with van der Waals surface area (Å²) in [5.74, 6) is 0.424. The van der Waals surface area contributed by atoms with Gasteiger partial charge in [-0.1, -0.05) is 43.9 Å². The minimum Gasteiger partial charge on any atom is -0.307 e. The molecule has 0 bridgehead atoms. The van der Waals surface area contributed by atoms with Gasteiger partial charge < -0.3 is 5.32 Å². The van der Waals surface area contributed by atoms with Crippen LogP contribution in [0.1, 0.15) is 57.6 Å². The molecule has 1 N–H and O–H groups in total. The zero-order valence-corrected chi connectivity index (χ0v) is 12.5. The van der Waals surface area contributed by atoms with E-state index in [1.807, 2.05) is 0 Å². The highest BCUT2D eigenvalue weighted by molar-refractivity contribution is 6.31. The summed E-state index contributed by atoms with van der Waals surface area (Å²) in [6.07, 6.45) is 6.50. The predicted molar refractivity (Wildman–Crippen MR) is 79.0 cm³/mol. The van der Waals surface area contributed by atoms with Crippen molar-refractivity contribution in [2.75, 3.05) is 0 Å². The molecular weight excluding hydrogens is 261 g/mol. The largest absolute Gasteiger partial charge is 0.307 e. The number of nitrogens with one attached hydrogen (secondary N) is 1. The molecule has 1 saturated carbocycles. The van der Waals surface area contributed by atoms with Crippen LogP contribution in [-0.4, -0.2) is 6.04 Å². The Morgan fingerprint density at radius 3 is 2.74 bits per heavy atom. The zero-order chi connectivity index (χ0) is 13.8. The van der Waals surface area contributed by atoms with Gasteiger partial charge in [0.05, 0.1) is 0 Å². The van der Waals surface area contributed by atoms with E-state index in [-0.39, 0.29) is 11.9 Å². The Morgan fingerprint density at radius 1 is 1.26 bits per heavy atom. The van der Waals surface area contributed by atoms with E-state index in [9.17, 15) is 4.39 Å². The Bertz CT molecular complexity index is 421. The summed E-state index contributed by atoms with van der Waals surface area (Å²) in [7, 11) is 0. The summed E-state index contributed by atoms with van der Waals surface area (Å²) >= 11 is 6.13. The quantitative estimate of drug-likeness (QED) is 0.761. The average Bonchev–Trinajstić information content (AvgIpc) is 2.55. The van der Waals surface area contributed by atoms with Crippen molar-refractivity contribution in [3.8, 4) is 0 Å². The molecule has 0 aliphatic heterocycles. The van der Waals surface area contributed by atoms with Gasteiger partial charge in [-0.25, -0.2) is 4.39 Å². The van der Waals surface area contributed by atoms with E-state index >= 15 is 0 Å². The van der Waals surface area contributed by atoms with Gasteiger partial charge in [-0.2, -0.15) is 0 Å². The van der Waals surface area contributed by atoms with Crippen LogP contribution in [0.5, 0.6) is 0 Å². The molecule has 0 spiro atoms. The standard InChI is InChI=1S/C16H23ClFN/c1-11-6-4-3-5-7-16(11)19-12(2)14-9-8-13(18)10-15(14)17/h8-12,16,19H,3-7H2,1-2H3. The molecule has 3 heteroatoms. The maximum absolute atomic E-state index is 13.1. The second-order valence-electron chi connectivity index (χ2n) is 5.78. The first kappa shape index (κ1) is 14.8. The van der Waals surface area contributed by atoms with Crippen LogP contribution in [0, 0.1) is 11.7 Å². The summed E-state index contributed by atoms with van der Waals surface area (Å²) in [6, 6.07) is 5.37. The Balaban J connectivity index is 2.04. The molecule has 1 fully saturated rings. The molecule has 106 valence electrons. The van der Waals surface area contributed by atoms with Crippen molar-refractivity contribution < 1.29 is 4.39 Å². The molecule has 0 heterocycles. The first-order valence-corrected chi connectivity index (χ1v) is 7.66. The molecule has 1 aliphatic rings. The van der Waals surface area contributed by atoms with E-state index < -0.39 is 0 Å². The topological polar surface area (TPSA) is 12.0 Å². The van der Waals surface area contributed by atoms with E-state index in [1.165, 1.54) is 44.2 Å². The predicted octanol–water partition coefficient (Wildman–Crippen LogP) is 5.10. The van der Waals surface area contributed by atoms with Gasteiger partial charge in [0.2, 0.25) is 0 Å². The minimum atomic E-state index is -0.274. The summed E-state index contributed by atoms with van der Waals surface area (Å²) in [5.41, 5.74) is 0.986. The highest BCUT2D eigenvalue weighted by Crippen LogP contribution is 2.28. The zero-order valence-electron chi connectivity index (χ0n) is 11.8. The molecule has 3 unspecified atom stereocenters. The molecule has 0 saturated heterocycles. The van der Waals surface area contributed by atoms with Crippen molar-refractivity contribution in [1.29, 1.82) is 0 Å². The van der Waals surface area contributed by atoms with E-state index in [0.717, 1.165) is 5.56 Å². The van der Waals surface area contributed by atoms with Crippen LogP contribution in [0.2, 0.25) is 5.02 Å². The number of rotatable bonds is 3. The second kappa shape index (κ2) is 6.71. The molecule has 0 radical (unpaired) electrons. The van der Waals surface area contributed by atoms with E-state index in [1.54, 1.807) is 6.07 Å². The highest BCUT2D eigenvalue weighted by atomic mass is 35.5. The molecule has 0 aromatic heterocycles. The maximum atomic E-state index is 13.1. The first-order valence-electron chi connectivity index (χ1n) is 7.29.